The van der Waals surface area contributed by atoms with Crippen molar-refractivity contribution in [3.8, 4) is 11.5 Å². The molecule has 0 radical (unpaired) electrons. The summed E-state index contributed by atoms with van der Waals surface area (Å²) in [5.74, 6) is 1.63. The summed E-state index contributed by atoms with van der Waals surface area (Å²) in [7, 11) is 3.35. The van der Waals surface area contributed by atoms with Crippen LogP contribution in [0.3, 0.4) is 0 Å². The Morgan fingerprint density at radius 2 is 1.67 bits per heavy atom. The molecule has 2 nitrogen and oxygen atoms in total. The predicted octanol–water partition coefficient (Wildman–Crippen LogP) is 3.05. The summed E-state index contributed by atoms with van der Waals surface area (Å²) in [6.07, 6.45) is 4.46. The molecule has 0 N–H and O–H groups in total. The molecular formula is C13H16O2. The van der Waals surface area contributed by atoms with Gasteiger partial charge in [-0.3, -0.25) is 0 Å². The molecule has 0 fully saturated rings. The first kappa shape index (κ1) is 10.1. The van der Waals surface area contributed by atoms with Gasteiger partial charge in [0.05, 0.1) is 14.2 Å². The van der Waals surface area contributed by atoms with Crippen LogP contribution in [0.25, 0.3) is 6.08 Å². The van der Waals surface area contributed by atoms with Crippen molar-refractivity contribution in [2.24, 2.45) is 0 Å². The van der Waals surface area contributed by atoms with Crippen molar-refractivity contribution in [2.45, 2.75) is 19.8 Å². The first-order valence-electron chi connectivity index (χ1n) is 5.16. The first-order chi connectivity index (χ1) is 7.24. The molecule has 2 rings (SSSR count). The van der Waals surface area contributed by atoms with Gasteiger partial charge in [0.1, 0.15) is 0 Å². The maximum Gasteiger partial charge on any atom is 0.161 e. The van der Waals surface area contributed by atoms with Gasteiger partial charge in [0.15, 0.2) is 11.5 Å². The summed E-state index contributed by atoms with van der Waals surface area (Å²) in [6.45, 7) is 2.17. The van der Waals surface area contributed by atoms with Crippen molar-refractivity contribution in [1.29, 1.82) is 0 Å². The highest BCUT2D eigenvalue weighted by molar-refractivity contribution is 5.64. The van der Waals surface area contributed by atoms with Crippen LogP contribution in [0.1, 0.15) is 24.5 Å². The third kappa shape index (κ3) is 1.84. The molecule has 0 aliphatic heterocycles. The summed E-state index contributed by atoms with van der Waals surface area (Å²) in [4.78, 5) is 0. The summed E-state index contributed by atoms with van der Waals surface area (Å²) < 4.78 is 10.6. The third-order valence-electron chi connectivity index (χ3n) is 2.84. The molecule has 0 unspecified atom stereocenters. The number of hydrogen-bond donors (Lipinski definition) is 0. The number of ether oxygens (including phenoxy) is 2. The van der Waals surface area contributed by atoms with E-state index in [2.05, 4.69) is 25.1 Å². The largest absolute Gasteiger partial charge is 0.493 e. The second-order valence-electron chi connectivity index (χ2n) is 3.90. The molecule has 80 valence electrons. The number of aryl methyl sites for hydroxylation is 1. The first-order valence-corrected chi connectivity index (χ1v) is 5.16. The van der Waals surface area contributed by atoms with Crippen molar-refractivity contribution in [3.63, 3.8) is 0 Å². The van der Waals surface area contributed by atoms with E-state index >= 15 is 0 Å². The zero-order chi connectivity index (χ0) is 10.8. The molecule has 0 saturated heterocycles. The van der Waals surface area contributed by atoms with E-state index in [0.717, 1.165) is 24.3 Å². The normalized spacial score (nSPS) is 14.2. The Balaban J connectivity index is 2.51. The Kier molecular flexibility index (Phi) is 2.67. The molecule has 0 spiro atoms. The maximum absolute atomic E-state index is 5.28. The Hall–Kier alpha value is -1.44. The molecule has 1 aromatic rings. The average molecular weight is 204 g/mol. The van der Waals surface area contributed by atoms with Crippen molar-refractivity contribution in [1.82, 2.24) is 0 Å². The van der Waals surface area contributed by atoms with Crippen LogP contribution in [0.4, 0.5) is 0 Å². The molecular weight excluding hydrogens is 188 g/mol. The lowest BCUT2D eigenvalue weighted by Crippen LogP contribution is -2.00. The maximum atomic E-state index is 5.28. The lowest BCUT2D eigenvalue weighted by atomic mass is 9.92. The molecule has 0 amide bonds. The van der Waals surface area contributed by atoms with Crippen LogP contribution in [0.15, 0.2) is 17.7 Å². The van der Waals surface area contributed by atoms with Gasteiger partial charge in [0.25, 0.3) is 0 Å². The van der Waals surface area contributed by atoms with Gasteiger partial charge in [-0.1, -0.05) is 11.6 Å². The fourth-order valence-corrected chi connectivity index (χ4v) is 1.96. The smallest absolute Gasteiger partial charge is 0.161 e. The molecule has 0 bridgehead atoms. The van der Waals surface area contributed by atoms with E-state index in [0.29, 0.717) is 0 Å². The number of methoxy groups -OCH3 is 2. The van der Waals surface area contributed by atoms with Crippen LogP contribution in [-0.4, -0.2) is 14.2 Å². The van der Waals surface area contributed by atoms with Crippen LogP contribution in [-0.2, 0) is 6.42 Å². The molecule has 1 aliphatic carbocycles. The second-order valence-corrected chi connectivity index (χ2v) is 3.90. The lowest BCUT2D eigenvalue weighted by molar-refractivity contribution is 0.354. The van der Waals surface area contributed by atoms with E-state index < -0.39 is 0 Å². The standard InChI is InChI=1S/C13H16O2/c1-9-4-5-10-7-12(14-2)13(15-3)8-11(10)6-9/h6-8H,4-5H2,1-3H3. The van der Waals surface area contributed by atoms with Crippen molar-refractivity contribution in [2.75, 3.05) is 14.2 Å². The Morgan fingerprint density at radius 3 is 2.33 bits per heavy atom. The third-order valence-corrected chi connectivity index (χ3v) is 2.84. The van der Waals surface area contributed by atoms with E-state index in [9.17, 15) is 0 Å². The highest BCUT2D eigenvalue weighted by Crippen LogP contribution is 2.34. The summed E-state index contributed by atoms with van der Waals surface area (Å²) in [5, 5.41) is 0. The molecule has 1 aliphatic rings. The van der Waals surface area contributed by atoms with Gasteiger partial charge in [0, 0.05) is 0 Å². The van der Waals surface area contributed by atoms with Gasteiger partial charge >= 0.3 is 0 Å². The minimum absolute atomic E-state index is 0.808. The number of allylic oxidation sites excluding steroid dienone is 1. The fourth-order valence-electron chi connectivity index (χ4n) is 1.96. The number of fused-ring (bicyclic) bond motifs is 1. The second kappa shape index (κ2) is 3.97. The summed E-state index contributed by atoms with van der Waals surface area (Å²) in [6, 6.07) is 4.13. The minimum Gasteiger partial charge on any atom is -0.493 e. The Morgan fingerprint density at radius 1 is 1.00 bits per heavy atom. The van der Waals surface area contributed by atoms with Crippen LogP contribution in [0.2, 0.25) is 0 Å². The highest BCUT2D eigenvalue weighted by atomic mass is 16.5. The molecule has 1 aromatic carbocycles. The predicted molar refractivity (Wildman–Crippen MR) is 61.5 cm³/mol. The topological polar surface area (TPSA) is 18.5 Å². The van der Waals surface area contributed by atoms with Crippen LogP contribution in [0, 0.1) is 0 Å². The summed E-state index contributed by atoms with van der Waals surface area (Å²) >= 11 is 0. The van der Waals surface area contributed by atoms with Crippen LogP contribution in [0.5, 0.6) is 11.5 Å². The summed E-state index contributed by atoms with van der Waals surface area (Å²) in [5.41, 5.74) is 4.03. The minimum atomic E-state index is 0.808. The van der Waals surface area contributed by atoms with Gasteiger partial charge < -0.3 is 9.47 Å². The zero-order valence-electron chi connectivity index (χ0n) is 9.46. The van der Waals surface area contributed by atoms with Gasteiger partial charge in [-0.2, -0.15) is 0 Å². The van der Waals surface area contributed by atoms with Crippen LogP contribution >= 0.6 is 0 Å². The number of rotatable bonds is 2. The number of benzene rings is 1. The van der Waals surface area contributed by atoms with Gasteiger partial charge in [-0.05, 0) is 43.0 Å². The van der Waals surface area contributed by atoms with Crippen molar-refractivity contribution in [3.05, 3.63) is 28.8 Å². The SMILES string of the molecule is COc1cc2c(cc1OC)CCC(C)=C2. The average Bonchev–Trinajstić information content (AvgIpc) is 2.27. The molecule has 0 atom stereocenters. The lowest BCUT2D eigenvalue weighted by Gasteiger charge is -2.17. The van der Waals surface area contributed by atoms with Crippen LogP contribution < -0.4 is 9.47 Å². The Bertz CT molecular complexity index is 405. The number of hydrogen-bond acceptors (Lipinski definition) is 2. The van der Waals surface area contributed by atoms with Gasteiger partial charge in [-0.15, -0.1) is 0 Å². The Labute approximate surface area is 90.5 Å². The zero-order valence-corrected chi connectivity index (χ0v) is 9.46. The van der Waals surface area contributed by atoms with Crippen molar-refractivity contribution < 1.29 is 9.47 Å². The molecule has 0 heterocycles. The van der Waals surface area contributed by atoms with Gasteiger partial charge in [0.2, 0.25) is 0 Å². The van der Waals surface area contributed by atoms with E-state index in [4.69, 9.17) is 9.47 Å². The van der Waals surface area contributed by atoms with Gasteiger partial charge in [-0.25, -0.2) is 0 Å². The van der Waals surface area contributed by atoms with E-state index in [1.54, 1.807) is 14.2 Å². The molecule has 15 heavy (non-hydrogen) atoms. The van der Waals surface area contributed by atoms with E-state index in [1.807, 2.05) is 0 Å². The van der Waals surface area contributed by atoms with E-state index in [1.165, 1.54) is 16.7 Å². The highest BCUT2D eigenvalue weighted by Gasteiger charge is 2.12. The van der Waals surface area contributed by atoms with E-state index in [-0.39, 0.29) is 0 Å². The monoisotopic (exact) mass is 204 g/mol. The van der Waals surface area contributed by atoms with Crippen molar-refractivity contribution >= 4 is 6.08 Å². The molecule has 2 heteroatoms. The fraction of sp³-hybridized carbons (Fsp3) is 0.385. The molecule has 0 saturated carbocycles. The quantitative estimate of drug-likeness (QED) is 0.737. The molecule has 0 aromatic heterocycles.